The third kappa shape index (κ3) is 4.37. The van der Waals surface area contributed by atoms with Gasteiger partial charge in [-0.2, -0.15) is 0 Å². The molecule has 0 N–H and O–H groups in total. The van der Waals surface area contributed by atoms with Crippen LogP contribution in [0.2, 0.25) is 0 Å². The minimum Gasteiger partial charge on any atom is -0.456 e. The van der Waals surface area contributed by atoms with Crippen molar-refractivity contribution < 1.29 is 9.15 Å². The van der Waals surface area contributed by atoms with Gasteiger partial charge in [-0.1, -0.05) is 119 Å². The van der Waals surface area contributed by atoms with Crippen molar-refractivity contribution in [3.05, 3.63) is 174 Å². The molecule has 0 amide bonds. The second-order valence-corrected chi connectivity index (χ2v) is 15.0. The molecule has 246 valence electrons. The van der Waals surface area contributed by atoms with Crippen molar-refractivity contribution in [2.45, 2.75) is 38.5 Å². The first-order chi connectivity index (χ1) is 24.8. The maximum Gasteiger partial charge on any atom is 0.143 e. The molecule has 2 heterocycles. The zero-order chi connectivity index (χ0) is 34.5. The first kappa shape index (κ1) is 29.8. The molecule has 0 saturated carbocycles. The van der Waals surface area contributed by atoms with Gasteiger partial charge >= 0.3 is 0 Å². The van der Waals surface area contributed by atoms with Gasteiger partial charge in [0.1, 0.15) is 22.7 Å². The zero-order valence-electron chi connectivity index (χ0n) is 29.2. The monoisotopic (exact) mass is 659 g/mol. The minimum atomic E-state index is -0.267. The number of ether oxygens (including phenoxy) is 1. The van der Waals surface area contributed by atoms with E-state index in [1.807, 2.05) is 12.1 Å². The number of anilines is 3. The Morgan fingerprint density at radius 3 is 1.96 bits per heavy atom. The molecule has 0 atom stereocenters. The third-order valence-electron chi connectivity index (χ3n) is 11.3. The number of hydrogen-bond acceptors (Lipinski definition) is 3. The third-order valence-corrected chi connectivity index (χ3v) is 11.3. The molecule has 0 saturated heterocycles. The Kier molecular flexibility index (Phi) is 6.27. The van der Waals surface area contributed by atoms with E-state index < -0.39 is 0 Å². The Labute approximate surface area is 298 Å². The van der Waals surface area contributed by atoms with E-state index in [4.69, 9.17) is 9.15 Å². The van der Waals surface area contributed by atoms with Crippen molar-refractivity contribution in [2.75, 3.05) is 4.90 Å². The van der Waals surface area contributed by atoms with Crippen LogP contribution >= 0.6 is 0 Å². The van der Waals surface area contributed by atoms with Gasteiger partial charge in [0.15, 0.2) is 0 Å². The number of furan rings is 1. The summed E-state index contributed by atoms with van der Waals surface area (Å²) >= 11 is 0. The summed E-state index contributed by atoms with van der Waals surface area (Å²) < 4.78 is 12.9. The molecule has 0 bridgehead atoms. The zero-order valence-corrected chi connectivity index (χ0v) is 29.2. The molecular weight excluding hydrogens is 623 g/mol. The van der Waals surface area contributed by atoms with Gasteiger partial charge in [0.25, 0.3) is 0 Å². The molecular formula is C48H37NO2. The molecule has 3 nitrogen and oxygen atoms in total. The summed E-state index contributed by atoms with van der Waals surface area (Å²) in [5.41, 5.74) is 14.9. The Hall–Kier alpha value is -6.06. The minimum absolute atomic E-state index is 0.0725. The first-order valence-electron chi connectivity index (χ1n) is 17.8. The van der Waals surface area contributed by atoms with Gasteiger partial charge in [-0.15, -0.1) is 0 Å². The summed E-state index contributed by atoms with van der Waals surface area (Å²) in [5, 5.41) is 2.12. The van der Waals surface area contributed by atoms with E-state index in [0.29, 0.717) is 0 Å². The van der Waals surface area contributed by atoms with E-state index in [1.165, 1.54) is 38.9 Å². The molecule has 0 fully saturated rings. The van der Waals surface area contributed by atoms with Gasteiger partial charge in [-0.05, 0) is 94.0 Å². The van der Waals surface area contributed by atoms with Crippen LogP contribution in [-0.2, 0) is 10.8 Å². The lowest BCUT2D eigenvalue weighted by atomic mass is 9.74. The highest BCUT2D eigenvalue weighted by molar-refractivity contribution is 6.09. The quantitative estimate of drug-likeness (QED) is 0.188. The van der Waals surface area contributed by atoms with E-state index in [1.54, 1.807) is 0 Å². The standard InChI is InChI=1S/C48H37NO2/c1-47(2)38-16-10-8-14-35(38)36-24-23-34(29-40(36)47)49(32-12-6-5-7-13-32)33-21-18-30(19-22-33)31-20-26-43-41(28-31)48(3,4)39-25-27-44-45(46(39)51-43)37-15-9-11-17-42(37)50-44/h5-29H,1-4H3. The summed E-state index contributed by atoms with van der Waals surface area (Å²) in [6.07, 6.45) is 0. The van der Waals surface area contributed by atoms with Crippen LogP contribution in [-0.4, -0.2) is 0 Å². The maximum atomic E-state index is 6.73. The second kappa shape index (κ2) is 10.7. The Morgan fingerprint density at radius 1 is 0.451 bits per heavy atom. The molecule has 0 spiro atoms. The summed E-state index contributed by atoms with van der Waals surface area (Å²) in [5.74, 6) is 1.79. The SMILES string of the molecule is CC1(C)c2ccccc2-c2ccc(N(c3ccccc3)c3ccc(-c4ccc5c(c4)C(C)(C)c4ccc6oc7ccccc7c6c4O5)cc3)cc21. The molecule has 0 unspecified atom stereocenters. The molecule has 10 rings (SSSR count). The number of nitrogens with zero attached hydrogens (tertiary/aromatic N) is 1. The van der Waals surface area contributed by atoms with E-state index in [2.05, 4.69) is 172 Å². The van der Waals surface area contributed by atoms with Crippen LogP contribution in [0.25, 0.3) is 44.2 Å². The van der Waals surface area contributed by atoms with Crippen LogP contribution in [0.3, 0.4) is 0 Å². The molecule has 3 heteroatoms. The summed E-state index contributed by atoms with van der Waals surface area (Å²) in [7, 11) is 0. The largest absolute Gasteiger partial charge is 0.456 e. The lowest BCUT2D eigenvalue weighted by molar-refractivity contribution is 0.423. The fourth-order valence-corrected chi connectivity index (χ4v) is 8.58. The summed E-state index contributed by atoms with van der Waals surface area (Å²) in [6.45, 7) is 9.27. The Balaban J connectivity index is 1.02. The van der Waals surface area contributed by atoms with Gasteiger partial charge in [-0.3, -0.25) is 0 Å². The van der Waals surface area contributed by atoms with Crippen LogP contribution in [0, 0.1) is 0 Å². The highest BCUT2D eigenvalue weighted by Gasteiger charge is 2.37. The van der Waals surface area contributed by atoms with Crippen LogP contribution in [0.1, 0.15) is 49.9 Å². The molecule has 1 aliphatic heterocycles. The molecule has 7 aromatic carbocycles. The molecule has 8 aromatic rings. The average Bonchev–Trinajstić information content (AvgIpc) is 3.65. The summed E-state index contributed by atoms with van der Waals surface area (Å²) in [4.78, 5) is 2.37. The fourth-order valence-electron chi connectivity index (χ4n) is 8.58. The van der Waals surface area contributed by atoms with E-state index in [-0.39, 0.29) is 10.8 Å². The van der Waals surface area contributed by atoms with Gasteiger partial charge in [-0.25, -0.2) is 0 Å². The predicted molar refractivity (Wildman–Crippen MR) is 210 cm³/mol. The normalized spacial score (nSPS) is 14.7. The Morgan fingerprint density at radius 2 is 1.12 bits per heavy atom. The molecule has 0 radical (unpaired) electrons. The van der Waals surface area contributed by atoms with Crippen LogP contribution in [0.15, 0.2) is 156 Å². The van der Waals surface area contributed by atoms with Crippen molar-refractivity contribution in [3.8, 4) is 33.8 Å². The lowest BCUT2D eigenvalue weighted by Gasteiger charge is -2.35. The fraction of sp³-hybridized carbons (Fsp3) is 0.125. The van der Waals surface area contributed by atoms with Crippen molar-refractivity contribution in [2.24, 2.45) is 0 Å². The lowest BCUT2D eigenvalue weighted by Crippen LogP contribution is -2.24. The number of rotatable bonds is 4. The van der Waals surface area contributed by atoms with Crippen LogP contribution in [0.4, 0.5) is 17.1 Å². The molecule has 2 aliphatic rings. The van der Waals surface area contributed by atoms with Crippen molar-refractivity contribution in [3.63, 3.8) is 0 Å². The second-order valence-electron chi connectivity index (χ2n) is 15.0. The van der Waals surface area contributed by atoms with Crippen molar-refractivity contribution in [1.29, 1.82) is 0 Å². The van der Waals surface area contributed by atoms with Gasteiger partial charge < -0.3 is 14.1 Å². The number of fused-ring (bicyclic) bond motifs is 9. The molecule has 1 aromatic heterocycles. The number of para-hydroxylation sites is 2. The van der Waals surface area contributed by atoms with E-state index in [0.717, 1.165) is 56.1 Å². The molecule has 51 heavy (non-hydrogen) atoms. The highest BCUT2D eigenvalue weighted by Crippen LogP contribution is 2.53. The van der Waals surface area contributed by atoms with Crippen LogP contribution in [0.5, 0.6) is 11.5 Å². The first-order valence-corrected chi connectivity index (χ1v) is 17.8. The van der Waals surface area contributed by atoms with Crippen molar-refractivity contribution >= 4 is 39.0 Å². The van der Waals surface area contributed by atoms with E-state index in [9.17, 15) is 0 Å². The van der Waals surface area contributed by atoms with Crippen molar-refractivity contribution in [1.82, 2.24) is 0 Å². The maximum absolute atomic E-state index is 6.73. The van der Waals surface area contributed by atoms with Crippen LogP contribution < -0.4 is 9.64 Å². The predicted octanol–water partition coefficient (Wildman–Crippen LogP) is 13.5. The van der Waals surface area contributed by atoms with Gasteiger partial charge in [0.05, 0.1) is 5.39 Å². The topological polar surface area (TPSA) is 25.6 Å². The number of hydrogen-bond donors (Lipinski definition) is 0. The van der Waals surface area contributed by atoms with Gasteiger partial charge in [0.2, 0.25) is 0 Å². The highest BCUT2D eigenvalue weighted by atomic mass is 16.5. The number of benzene rings is 7. The van der Waals surface area contributed by atoms with E-state index >= 15 is 0 Å². The van der Waals surface area contributed by atoms with Gasteiger partial charge in [0, 0.05) is 44.4 Å². The molecule has 1 aliphatic carbocycles. The Bertz CT molecular complexity index is 2660. The average molecular weight is 660 g/mol. The smallest absolute Gasteiger partial charge is 0.143 e. The summed E-state index contributed by atoms with van der Waals surface area (Å²) in [6, 6.07) is 54.5.